The summed E-state index contributed by atoms with van der Waals surface area (Å²) in [5.41, 5.74) is 5.23. The molecule has 3 N–H and O–H groups in total. The maximum Gasteiger partial charge on any atom is 0.0685 e. The summed E-state index contributed by atoms with van der Waals surface area (Å²) in [6.07, 6.45) is 3.86. The predicted molar refractivity (Wildman–Crippen MR) is 62.6 cm³/mol. The van der Waals surface area contributed by atoms with Gasteiger partial charge in [0.2, 0.25) is 0 Å². The second-order valence-corrected chi connectivity index (χ2v) is 4.17. The van der Waals surface area contributed by atoms with Crippen LogP contribution in [0.1, 0.15) is 30.6 Å². The fourth-order valence-corrected chi connectivity index (χ4v) is 2.28. The minimum Gasteiger partial charge on any atom is -0.381 e. The summed E-state index contributed by atoms with van der Waals surface area (Å²) in [5.74, 6) is 6.10. The molecule has 1 saturated heterocycles. The lowest BCUT2D eigenvalue weighted by atomic mass is 9.93. The van der Waals surface area contributed by atoms with Crippen molar-refractivity contribution in [3.8, 4) is 0 Å². The first-order chi connectivity index (χ1) is 7.86. The molecule has 1 aromatic heterocycles. The second kappa shape index (κ2) is 5.39. The summed E-state index contributed by atoms with van der Waals surface area (Å²) in [6, 6.07) is 4.20. The van der Waals surface area contributed by atoms with Crippen molar-refractivity contribution < 1.29 is 4.74 Å². The summed E-state index contributed by atoms with van der Waals surface area (Å²) in [5, 5.41) is 0. The summed E-state index contributed by atoms with van der Waals surface area (Å²) in [6.45, 7) is 3.74. The van der Waals surface area contributed by atoms with E-state index in [-0.39, 0.29) is 6.04 Å². The molecule has 16 heavy (non-hydrogen) atoms. The highest BCUT2D eigenvalue weighted by Gasteiger charge is 2.28. The molecule has 2 atom stereocenters. The Morgan fingerprint density at radius 3 is 3.19 bits per heavy atom. The predicted octanol–water partition coefficient (Wildman–Crippen LogP) is 1.18. The topological polar surface area (TPSA) is 60.2 Å². The molecule has 2 unspecified atom stereocenters. The first-order valence-corrected chi connectivity index (χ1v) is 5.84. The van der Waals surface area contributed by atoms with E-state index in [1.165, 1.54) is 5.56 Å². The third kappa shape index (κ3) is 2.24. The average molecular weight is 221 g/mol. The maximum absolute atomic E-state index is 5.66. The van der Waals surface area contributed by atoms with E-state index in [2.05, 4.69) is 23.4 Å². The lowest BCUT2D eigenvalue weighted by Gasteiger charge is -2.22. The van der Waals surface area contributed by atoms with E-state index in [0.717, 1.165) is 31.7 Å². The van der Waals surface area contributed by atoms with Crippen molar-refractivity contribution in [1.29, 1.82) is 0 Å². The number of ether oxygens (including phenoxy) is 1. The van der Waals surface area contributed by atoms with Gasteiger partial charge in [-0.1, -0.05) is 13.0 Å². The zero-order valence-corrected chi connectivity index (χ0v) is 9.65. The van der Waals surface area contributed by atoms with Gasteiger partial charge < -0.3 is 4.74 Å². The van der Waals surface area contributed by atoms with Crippen LogP contribution in [0.2, 0.25) is 0 Å². The van der Waals surface area contributed by atoms with Crippen LogP contribution in [0.25, 0.3) is 0 Å². The molecular formula is C12H19N3O. The number of nitrogens with one attached hydrogen (secondary N) is 1. The molecule has 0 radical (unpaired) electrons. The number of hydrazine groups is 1. The van der Waals surface area contributed by atoms with Crippen molar-refractivity contribution in [3.05, 3.63) is 29.6 Å². The Morgan fingerprint density at radius 2 is 2.56 bits per heavy atom. The Morgan fingerprint density at radius 1 is 1.69 bits per heavy atom. The van der Waals surface area contributed by atoms with Crippen LogP contribution in [0, 0.1) is 5.92 Å². The van der Waals surface area contributed by atoms with Gasteiger partial charge in [-0.2, -0.15) is 0 Å². The maximum atomic E-state index is 5.66. The number of aromatic nitrogens is 1. The van der Waals surface area contributed by atoms with Gasteiger partial charge in [0.05, 0.1) is 18.3 Å². The molecule has 0 saturated carbocycles. The van der Waals surface area contributed by atoms with Crippen LogP contribution in [-0.4, -0.2) is 18.2 Å². The van der Waals surface area contributed by atoms with E-state index in [1.807, 2.05) is 12.3 Å². The smallest absolute Gasteiger partial charge is 0.0685 e. The zero-order valence-electron chi connectivity index (χ0n) is 9.65. The van der Waals surface area contributed by atoms with Crippen LogP contribution >= 0.6 is 0 Å². The normalized spacial score (nSPS) is 22.2. The van der Waals surface area contributed by atoms with Gasteiger partial charge in [-0.15, -0.1) is 0 Å². The van der Waals surface area contributed by atoms with Gasteiger partial charge >= 0.3 is 0 Å². The summed E-state index contributed by atoms with van der Waals surface area (Å²) < 4.78 is 5.41. The van der Waals surface area contributed by atoms with Gasteiger partial charge in [0.15, 0.2) is 0 Å². The number of hydrogen-bond acceptors (Lipinski definition) is 4. The van der Waals surface area contributed by atoms with E-state index in [9.17, 15) is 0 Å². The van der Waals surface area contributed by atoms with E-state index in [4.69, 9.17) is 10.6 Å². The molecule has 88 valence electrons. The number of rotatable bonds is 4. The van der Waals surface area contributed by atoms with Gasteiger partial charge in [-0.25, -0.2) is 0 Å². The highest BCUT2D eigenvalue weighted by molar-refractivity contribution is 5.23. The second-order valence-electron chi connectivity index (χ2n) is 4.17. The van der Waals surface area contributed by atoms with Crippen molar-refractivity contribution in [3.63, 3.8) is 0 Å². The van der Waals surface area contributed by atoms with Crippen LogP contribution < -0.4 is 11.3 Å². The SMILES string of the molecule is CCc1cccnc1C(NN)C1CCOC1. The molecule has 2 heterocycles. The highest BCUT2D eigenvalue weighted by Crippen LogP contribution is 2.28. The van der Waals surface area contributed by atoms with Crippen molar-refractivity contribution in [2.24, 2.45) is 11.8 Å². The molecule has 4 heteroatoms. The van der Waals surface area contributed by atoms with Gasteiger partial charge in [0, 0.05) is 18.7 Å². The Labute approximate surface area is 96.2 Å². The average Bonchev–Trinajstić information content (AvgIpc) is 2.84. The third-order valence-electron chi connectivity index (χ3n) is 3.22. The number of nitrogens with two attached hydrogens (primary N) is 1. The first-order valence-electron chi connectivity index (χ1n) is 5.84. The van der Waals surface area contributed by atoms with E-state index >= 15 is 0 Å². The largest absolute Gasteiger partial charge is 0.381 e. The van der Waals surface area contributed by atoms with Gasteiger partial charge in [0.25, 0.3) is 0 Å². The molecule has 2 rings (SSSR count). The van der Waals surface area contributed by atoms with Gasteiger partial charge in [-0.3, -0.25) is 16.3 Å². The van der Waals surface area contributed by atoms with Gasteiger partial charge in [0.1, 0.15) is 0 Å². The van der Waals surface area contributed by atoms with Crippen molar-refractivity contribution in [1.82, 2.24) is 10.4 Å². The van der Waals surface area contributed by atoms with Crippen LogP contribution in [0.3, 0.4) is 0 Å². The first kappa shape index (κ1) is 11.5. The highest BCUT2D eigenvalue weighted by atomic mass is 16.5. The molecule has 0 amide bonds. The third-order valence-corrected chi connectivity index (χ3v) is 3.22. The van der Waals surface area contributed by atoms with E-state index in [1.54, 1.807) is 0 Å². The van der Waals surface area contributed by atoms with Crippen molar-refractivity contribution >= 4 is 0 Å². The number of aryl methyl sites for hydroxylation is 1. The molecule has 0 aromatic carbocycles. The van der Waals surface area contributed by atoms with Crippen LogP contribution in [0.4, 0.5) is 0 Å². The minimum atomic E-state index is 0.110. The monoisotopic (exact) mass is 221 g/mol. The van der Waals surface area contributed by atoms with E-state index in [0.29, 0.717) is 5.92 Å². The zero-order chi connectivity index (χ0) is 11.4. The van der Waals surface area contributed by atoms with Crippen LogP contribution in [-0.2, 0) is 11.2 Å². The molecule has 0 spiro atoms. The number of pyridine rings is 1. The molecule has 0 bridgehead atoms. The number of nitrogens with zero attached hydrogens (tertiary/aromatic N) is 1. The minimum absolute atomic E-state index is 0.110. The fourth-order valence-electron chi connectivity index (χ4n) is 2.28. The Hall–Kier alpha value is -0.970. The van der Waals surface area contributed by atoms with Crippen molar-refractivity contribution in [2.75, 3.05) is 13.2 Å². The quantitative estimate of drug-likeness (QED) is 0.592. The molecule has 1 fully saturated rings. The molecular weight excluding hydrogens is 202 g/mol. The molecule has 4 nitrogen and oxygen atoms in total. The molecule has 0 aliphatic carbocycles. The standard InChI is InChI=1S/C12H19N3O/c1-2-9-4-3-6-14-11(9)12(15-13)10-5-7-16-8-10/h3-4,6,10,12,15H,2,5,7-8,13H2,1H3. The lowest BCUT2D eigenvalue weighted by molar-refractivity contribution is 0.176. The van der Waals surface area contributed by atoms with E-state index < -0.39 is 0 Å². The molecule has 1 aromatic rings. The fraction of sp³-hybridized carbons (Fsp3) is 0.583. The van der Waals surface area contributed by atoms with Crippen LogP contribution in [0.15, 0.2) is 18.3 Å². The summed E-state index contributed by atoms with van der Waals surface area (Å²) in [4.78, 5) is 4.47. The molecule has 1 aliphatic heterocycles. The van der Waals surface area contributed by atoms with Gasteiger partial charge in [-0.05, 0) is 24.5 Å². The Bertz CT molecular complexity index is 337. The van der Waals surface area contributed by atoms with Crippen LogP contribution in [0.5, 0.6) is 0 Å². The summed E-state index contributed by atoms with van der Waals surface area (Å²) in [7, 11) is 0. The Kier molecular flexibility index (Phi) is 3.88. The summed E-state index contributed by atoms with van der Waals surface area (Å²) >= 11 is 0. The van der Waals surface area contributed by atoms with Crippen molar-refractivity contribution in [2.45, 2.75) is 25.8 Å². The Balaban J connectivity index is 2.24. The molecule has 1 aliphatic rings. The lowest BCUT2D eigenvalue weighted by Crippen LogP contribution is -2.35. The number of hydrogen-bond donors (Lipinski definition) is 2.